The van der Waals surface area contributed by atoms with Crippen LogP contribution in [0.1, 0.15) is 53.4 Å². The Morgan fingerprint density at radius 3 is 2.55 bits per heavy atom. The molecular weight excluding hydrogens is 284 g/mol. The van der Waals surface area contributed by atoms with Crippen LogP contribution in [0, 0.1) is 0 Å². The molecule has 2 fully saturated rings. The van der Waals surface area contributed by atoms with E-state index < -0.39 is 23.2 Å². The van der Waals surface area contributed by atoms with Crippen molar-refractivity contribution in [2.45, 2.75) is 70.6 Å². The highest BCUT2D eigenvalue weighted by molar-refractivity contribution is 5.86. The van der Waals surface area contributed by atoms with Crippen molar-refractivity contribution in [3.8, 4) is 0 Å². The summed E-state index contributed by atoms with van der Waals surface area (Å²) < 4.78 is 5.46. The summed E-state index contributed by atoms with van der Waals surface area (Å²) in [7, 11) is 0. The van der Waals surface area contributed by atoms with Crippen LogP contribution in [0.4, 0.5) is 4.79 Å². The second-order valence-electron chi connectivity index (χ2n) is 7.25. The molecule has 22 heavy (non-hydrogen) atoms. The molecule has 0 saturated carbocycles. The fourth-order valence-electron chi connectivity index (χ4n) is 3.85. The van der Waals surface area contributed by atoms with Gasteiger partial charge in [0.15, 0.2) is 5.54 Å². The van der Waals surface area contributed by atoms with Crippen LogP contribution >= 0.6 is 0 Å². The number of hydrogen-bond donors (Lipinski definition) is 1. The first-order valence-corrected chi connectivity index (χ1v) is 8.20. The lowest BCUT2D eigenvalue weighted by atomic mass is 9.84. The molecule has 0 aromatic carbocycles. The Balaban J connectivity index is 2.33. The number of ether oxygens (including phenoxy) is 1. The van der Waals surface area contributed by atoms with Gasteiger partial charge >= 0.3 is 12.1 Å². The zero-order valence-electron chi connectivity index (χ0n) is 14.1. The van der Waals surface area contributed by atoms with Gasteiger partial charge in [-0.3, -0.25) is 9.80 Å². The number of amides is 1. The molecule has 2 heterocycles. The van der Waals surface area contributed by atoms with E-state index in [1.807, 2.05) is 6.92 Å². The van der Waals surface area contributed by atoms with Crippen LogP contribution in [-0.4, -0.2) is 63.8 Å². The summed E-state index contributed by atoms with van der Waals surface area (Å²) in [4.78, 5) is 28.4. The van der Waals surface area contributed by atoms with Gasteiger partial charge < -0.3 is 9.84 Å². The molecule has 0 bridgehead atoms. The lowest BCUT2D eigenvalue weighted by Crippen LogP contribution is -2.64. The highest BCUT2D eigenvalue weighted by atomic mass is 16.6. The summed E-state index contributed by atoms with van der Waals surface area (Å²) in [6, 6.07) is -0.105. The minimum absolute atomic E-state index is 0.105. The zero-order chi connectivity index (χ0) is 16.5. The van der Waals surface area contributed by atoms with Gasteiger partial charge in [0.25, 0.3) is 0 Å². The molecule has 0 aromatic heterocycles. The Bertz CT molecular complexity index is 446. The number of carboxylic acids is 1. The minimum Gasteiger partial charge on any atom is -0.479 e. The molecule has 1 amide bonds. The van der Waals surface area contributed by atoms with Crippen LogP contribution in [0.5, 0.6) is 0 Å². The predicted octanol–water partition coefficient (Wildman–Crippen LogP) is 2.33. The Kier molecular flexibility index (Phi) is 4.70. The summed E-state index contributed by atoms with van der Waals surface area (Å²) in [5.41, 5.74) is -1.79. The number of carbonyl (C=O) groups excluding carboxylic acids is 1. The second kappa shape index (κ2) is 6.07. The van der Waals surface area contributed by atoms with Crippen LogP contribution in [0.25, 0.3) is 0 Å². The molecule has 2 atom stereocenters. The summed E-state index contributed by atoms with van der Waals surface area (Å²) in [5, 5.41) is 9.98. The van der Waals surface area contributed by atoms with Crippen LogP contribution < -0.4 is 0 Å². The quantitative estimate of drug-likeness (QED) is 0.866. The number of carboxylic acid groups (broad SMARTS) is 1. The van der Waals surface area contributed by atoms with E-state index >= 15 is 0 Å². The van der Waals surface area contributed by atoms with Crippen molar-refractivity contribution in [3.05, 3.63) is 0 Å². The normalized spacial score (nSPS) is 29.0. The van der Waals surface area contributed by atoms with E-state index in [0.29, 0.717) is 13.0 Å². The molecule has 6 heteroatoms. The smallest absolute Gasteiger partial charge is 0.411 e. The average Bonchev–Trinajstić information content (AvgIpc) is 2.78. The SMILES string of the molecule is CCN(C(=O)OC(C)(C)C)C1(C(=O)O)CCN2CCCCC21. The Hall–Kier alpha value is -1.30. The van der Waals surface area contributed by atoms with Gasteiger partial charge in [0.2, 0.25) is 0 Å². The van der Waals surface area contributed by atoms with Gasteiger partial charge in [-0.05, 0) is 53.5 Å². The van der Waals surface area contributed by atoms with Gasteiger partial charge in [-0.2, -0.15) is 0 Å². The molecule has 0 spiro atoms. The number of aliphatic carboxylic acids is 1. The van der Waals surface area contributed by atoms with Crippen LogP contribution in [-0.2, 0) is 9.53 Å². The number of carbonyl (C=O) groups is 2. The van der Waals surface area contributed by atoms with E-state index in [-0.39, 0.29) is 6.04 Å². The summed E-state index contributed by atoms with van der Waals surface area (Å²) in [5.74, 6) is -0.908. The van der Waals surface area contributed by atoms with Crippen molar-refractivity contribution < 1.29 is 19.4 Å². The number of rotatable bonds is 3. The largest absolute Gasteiger partial charge is 0.479 e. The van der Waals surface area contributed by atoms with E-state index in [1.165, 1.54) is 4.90 Å². The first-order valence-electron chi connectivity index (χ1n) is 8.20. The highest BCUT2D eigenvalue weighted by Crippen LogP contribution is 2.40. The number of fused-ring (bicyclic) bond motifs is 1. The number of piperidine rings is 1. The first-order chi connectivity index (χ1) is 10.2. The van der Waals surface area contributed by atoms with E-state index in [9.17, 15) is 14.7 Å². The van der Waals surface area contributed by atoms with Gasteiger partial charge in [-0.25, -0.2) is 9.59 Å². The van der Waals surface area contributed by atoms with Gasteiger partial charge in [0.05, 0.1) is 0 Å². The number of nitrogens with zero attached hydrogens (tertiary/aromatic N) is 2. The maximum Gasteiger partial charge on any atom is 0.411 e. The lowest BCUT2D eigenvalue weighted by Gasteiger charge is -2.44. The molecule has 0 aliphatic carbocycles. The maximum atomic E-state index is 12.6. The van der Waals surface area contributed by atoms with Crippen molar-refractivity contribution in [2.24, 2.45) is 0 Å². The molecule has 0 radical (unpaired) electrons. The third-order valence-electron chi connectivity index (χ3n) is 4.73. The molecule has 126 valence electrons. The maximum absolute atomic E-state index is 12.6. The molecule has 2 rings (SSSR count). The Morgan fingerprint density at radius 1 is 1.32 bits per heavy atom. The predicted molar refractivity (Wildman–Crippen MR) is 82.8 cm³/mol. The number of hydrogen-bond acceptors (Lipinski definition) is 4. The van der Waals surface area contributed by atoms with E-state index in [4.69, 9.17) is 4.74 Å². The molecule has 0 aromatic rings. The summed E-state index contributed by atoms with van der Waals surface area (Å²) in [6.45, 7) is 9.21. The fourth-order valence-corrected chi connectivity index (χ4v) is 3.85. The Labute approximate surface area is 132 Å². The average molecular weight is 312 g/mol. The molecule has 2 unspecified atom stereocenters. The standard InChI is InChI=1S/C16H28N2O4/c1-5-18(14(21)22-15(2,3)4)16(13(19)20)9-11-17-10-7-6-8-12(16)17/h12H,5-11H2,1-4H3,(H,19,20). The molecule has 2 saturated heterocycles. The molecule has 6 nitrogen and oxygen atoms in total. The Morgan fingerprint density at radius 2 is 2.00 bits per heavy atom. The molecule has 2 aliphatic heterocycles. The third kappa shape index (κ3) is 2.93. The highest BCUT2D eigenvalue weighted by Gasteiger charge is 2.58. The summed E-state index contributed by atoms with van der Waals surface area (Å²) in [6.07, 6.45) is 2.89. The zero-order valence-corrected chi connectivity index (χ0v) is 14.1. The lowest BCUT2D eigenvalue weighted by molar-refractivity contribution is -0.153. The number of likely N-dealkylation sites (N-methyl/N-ethyl adjacent to an activating group) is 1. The second-order valence-corrected chi connectivity index (χ2v) is 7.25. The van der Waals surface area contributed by atoms with Crippen LogP contribution in [0.15, 0.2) is 0 Å². The van der Waals surface area contributed by atoms with E-state index in [1.54, 1.807) is 20.8 Å². The van der Waals surface area contributed by atoms with E-state index in [2.05, 4.69) is 4.90 Å². The van der Waals surface area contributed by atoms with Crippen LogP contribution in [0.2, 0.25) is 0 Å². The van der Waals surface area contributed by atoms with E-state index in [0.717, 1.165) is 32.4 Å². The van der Waals surface area contributed by atoms with Crippen molar-refractivity contribution in [1.29, 1.82) is 0 Å². The topological polar surface area (TPSA) is 70.1 Å². The molecular formula is C16H28N2O4. The van der Waals surface area contributed by atoms with Crippen molar-refractivity contribution in [3.63, 3.8) is 0 Å². The van der Waals surface area contributed by atoms with Crippen LogP contribution in [0.3, 0.4) is 0 Å². The van der Waals surface area contributed by atoms with Crippen molar-refractivity contribution >= 4 is 12.1 Å². The first kappa shape index (κ1) is 17.1. The third-order valence-corrected chi connectivity index (χ3v) is 4.73. The molecule has 2 aliphatic rings. The molecule has 1 N–H and O–H groups in total. The van der Waals surface area contributed by atoms with Gasteiger partial charge in [0.1, 0.15) is 5.60 Å². The fraction of sp³-hybridized carbons (Fsp3) is 0.875. The monoisotopic (exact) mass is 312 g/mol. The van der Waals surface area contributed by atoms with Gasteiger partial charge in [-0.15, -0.1) is 0 Å². The van der Waals surface area contributed by atoms with Crippen molar-refractivity contribution in [1.82, 2.24) is 9.80 Å². The minimum atomic E-state index is -1.16. The summed E-state index contributed by atoms with van der Waals surface area (Å²) >= 11 is 0. The van der Waals surface area contributed by atoms with Gasteiger partial charge in [-0.1, -0.05) is 6.42 Å². The van der Waals surface area contributed by atoms with Gasteiger partial charge in [0, 0.05) is 19.1 Å². The van der Waals surface area contributed by atoms with Crippen molar-refractivity contribution in [2.75, 3.05) is 19.6 Å².